The number of anilines is 3. The van der Waals surface area contributed by atoms with E-state index in [9.17, 15) is 13.2 Å². The van der Waals surface area contributed by atoms with Gasteiger partial charge in [-0.25, -0.2) is 4.98 Å². The number of benzene rings is 2. The van der Waals surface area contributed by atoms with Gasteiger partial charge in [0.1, 0.15) is 6.33 Å². The van der Waals surface area contributed by atoms with Crippen molar-refractivity contribution < 1.29 is 13.2 Å². The van der Waals surface area contributed by atoms with Gasteiger partial charge in [0.15, 0.2) is 17.0 Å². The minimum atomic E-state index is -4.41. The van der Waals surface area contributed by atoms with Crippen LogP contribution in [0.3, 0.4) is 0 Å². The van der Waals surface area contributed by atoms with Gasteiger partial charge >= 0.3 is 6.18 Å². The molecular formula is C26H18F3N7S. The summed E-state index contributed by atoms with van der Waals surface area (Å²) in [6, 6.07) is 16.7. The summed E-state index contributed by atoms with van der Waals surface area (Å²) in [5.74, 6) is 0.723. The summed E-state index contributed by atoms with van der Waals surface area (Å²) in [6.07, 6.45) is -1.02. The Bertz CT molecular complexity index is 1710. The van der Waals surface area contributed by atoms with E-state index in [0.717, 1.165) is 34.4 Å². The molecule has 184 valence electrons. The van der Waals surface area contributed by atoms with Crippen molar-refractivity contribution >= 4 is 50.9 Å². The van der Waals surface area contributed by atoms with E-state index >= 15 is 0 Å². The second-order valence-corrected chi connectivity index (χ2v) is 9.03. The Labute approximate surface area is 212 Å². The van der Waals surface area contributed by atoms with Crippen LogP contribution in [-0.2, 0) is 12.7 Å². The first-order valence-corrected chi connectivity index (χ1v) is 12.2. The van der Waals surface area contributed by atoms with Gasteiger partial charge in [-0.3, -0.25) is 9.55 Å². The Morgan fingerprint density at radius 3 is 2.70 bits per heavy atom. The molecule has 0 atom stereocenters. The van der Waals surface area contributed by atoms with Gasteiger partial charge in [0.05, 0.1) is 16.8 Å². The maximum absolute atomic E-state index is 13.2. The van der Waals surface area contributed by atoms with Crippen molar-refractivity contribution in [2.24, 2.45) is 0 Å². The highest BCUT2D eigenvalue weighted by Crippen LogP contribution is 2.30. The molecule has 11 heteroatoms. The summed E-state index contributed by atoms with van der Waals surface area (Å²) in [6.45, 7) is 0.127. The molecule has 0 bridgehead atoms. The van der Waals surface area contributed by atoms with Gasteiger partial charge in [-0.15, -0.1) is 0 Å². The Hall–Kier alpha value is -4.51. The second-order valence-electron chi connectivity index (χ2n) is 8.25. The third kappa shape index (κ3) is 4.68. The lowest BCUT2D eigenvalue weighted by Crippen LogP contribution is -2.09. The van der Waals surface area contributed by atoms with Gasteiger partial charge in [0, 0.05) is 29.2 Å². The smallest absolute Gasteiger partial charge is 0.364 e. The van der Waals surface area contributed by atoms with Crippen LogP contribution in [0.1, 0.15) is 11.1 Å². The van der Waals surface area contributed by atoms with Crippen molar-refractivity contribution in [3.05, 3.63) is 95.1 Å². The average Bonchev–Trinajstić information content (AvgIpc) is 3.57. The summed E-state index contributed by atoms with van der Waals surface area (Å²) in [4.78, 5) is 18.2. The first kappa shape index (κ1) is 22.9. The second kappa shape index (κ2) is 9.17. The molecule has 4 heterocycles. The SMILES string of the molecule is FC(F)(F)c1cccc(CNc2nc(Nc3ccc4ncccc4c3)nc3c2ncn3-c2ccsc2)c1. The largest absolute Gasteiger partial charge is 0.416 e. The zero-order valence-corrected chi connectivity index (χ0v) is 19.9. The van der Waals surface area contributed by atoms with Crippen LogP contribution < -0.4 is 10.6 Å². The molecule has 0 fully saturated rings. The lowest BCUT2D eigenvalue weighted by molar-refractivity contribution is -0.137. The van der Waals surface area contributed by atoms with Crippen molar-refractivity contribution in [2.75, 3.05) is 10.6 Å². The fourth-order valence-corrected chi connectivity index (χ4v) is 4.62. The maximum Gasteiger partial charge on any atom is 0.416 e. The zero-order chi connectivity index (χ0) is 25.4. The van der Waals surface area contributed by atoms with E-state index < -0.39 is 11.7 Å². The highest BCUT2D eigenvalue weighted by Gasteiger charge is 2.30. The molecule has 0 radical (unpaired) electrons. The summed E-state index contributed by atoms with van der Waals surface area (Å²) in [5, 5.41) is 11.3. The predicted molar refractivity (Wildman–Crippen MR) is 138 cm³/mol. The number of hydrogen-bond donors (Lipinski definition) is 2. The standard InChI is InChI=1S/C26H18F3N7S/c27-26(28,29)18-5-1-3-16(11-18)13-31-23-22-24(36(15-32-22)20-8-10-37-14-20)35-25(34-23)33-19-6-7-21-17(12-19)4-2-9-30-21/h1-12,14-15H,13H2,(H2,31,33,34,35). The monoisotopic (exact) mass is 517 g/mol. The van der Waals surface area contributed by atoms with E-state index in [-0.39, 0.29) is 6.54 Å². The topological polar surface area (TPSA) is 80.6 Å². The van der Waals surface area contributed by atoms with Crippen molar-refractivity contribution in [1.29, 1.82) is 0 Å². The van der Waals surface area contributed by atoms with Gasteiger partial charge in [-0.1, -0.05) is 18.2 Å². The number of nitrogens with zero attached hydrogens (tertiary/aromatic N) is 5. The lowest BCUT2D eigenvalue weighted by atomic mass is 10.1. The summed E-state index contributed by atoms with van der Waals surface area (Å²) >= 11 is 1.55. The zero-order valence-electron chi connectivity index (χ0n) is 19.1. The van der Waals surface area contributed by atoms with Crippen LogP contribution in [-0.4, -0.2) is 24.5 Å². The van der Waals surface area contributed by atoms with Gasteiger partial charge in [0.25, 0.3) is 0 Å². The molecule has 2 aromatic carbocycles. The number of fused-ring (bicyclic) bond motifs is 2. The van der Waals surface area contributed by atoms with Crippen molar-refractivity contribution in [2.45, 2.75) is 12.7 Å². The van der Waals surface area contributed by atoms with Crippen molar-refractivity contribution in [3.63, 3.8) is 0 Å². The Morgan fingerprint density at radius 2 is 1.86 bits per heavy atom. The Kier molecular flexibility index (Phi) is 5.68. The van der Waals surface area contributed by atoms with E-state index in [1.807, 2.05) is 51.7 Å². The van der Waals surface area contributed by atoms with Crippen LogP contribution in [0.4, 0.5) is 30.6 Å². The van der Waals surface area contributed by atoms with E-state index in [0.29, 0.717) is 28.5 Å². The number of aromatic nitrogens is 5. The number of alkyl halides is 3. The Morgan fingerprint density at radius 1 is 0.946 bits per heavy atom. The number of hydrogen-bond acceptors (Lipinski definition) is 7. The van der Waals surface area contributed by atoms with Crippen molar-refractivity contribution in [3.8, 4) is 5.69 Å². The molecule has 0 saturated heterocycles. The lowest BCUT2D eigenvalue weighted by Gasteiger charge is -2.12. The maximum atomic E-state index is 13.2. The third-order valence-corrected chi connectivity index (χ3v) is 6.42. The molecule has 7 nitrogen and oxygen atoms in total. The molecule has 2 N–H and O–H groups in total. The van der Waals surface area contributed by atoms with Crippen LogP contribution in [0.15, 0.2) is 83.9 Å². The van der Waals surface area contributed by atoms with Crippen LogP contribution in [0.5, 0.6) is 0 Å². The molecule has 0 aliphatic carbocycles. The minimum Gasteiger partial charge on any atom is -0.364 e. The molecule has 0 amide bonds. The normalized spacial score (nSPS) is 11.8. The van der Waals surface area contributed by atoms with Crippen LogP contribution in [0.25, 0.3) is 27.8 Å². The molecule has 6 rings (SSSR count). The molecular weight excluding hydrogens is 499 g/mol. The molecule has 6 aromatic rings. The van der Waals surface area contributed by atoms with E-state index in [1.54, 1.807) is 29.9 Å². The number of pyridine rings is 1. The van der Waals surface area contributed by atoms with Gasteiger partial charge in [-0.05, 0) is 53.4 Å². The van der Waals surface area contributed by atoms with E-state index in [2.05, 4.69) is 25.6 Å². The number of halogens is 3. The molecule has 0 unspecified atom stereocenters. The van der Waals surface area contributed by atoms with E-state index in [4.69, 9.17) is 4.98 Å². The third-order valence-electron chi connectivity index (χ3n) is 5.75. The van der Waals surface area contributed by atoms with Crippen LogP contribution in [0, 0.1) is 0 Å². The minimum absolute atomic E-state index is 0.127. The summed E-state index contributed by atoms with van der Waals surface area (Å²) in [5.41, 5.74) is 3.37. The predicted octanol–water partition coefficient (Wildman–Crippen LogP) is 6.80. The average molecular weight is 518 g/mol. The fourth-order valence-electron chi connectivity index (χ4n) is 3.99. The van der Waals surface area contributed by atoms with Crippen LogP contribution >= 0.6 is 11.3 Å². The highest BCUT2D eigenvalue weighted by atomic mass is 32.1. The molecule has 0 aliphatic heterocycles. The molecule has 0 saturated carbocycles. The summed E-state index contributed by atoms with van der Waals surface area (Å²) < 4.78 is 41.4. The molecule has 0 aliphatic rings. The van der Waals surface area contributed by atoms with Gasteiger partial charge in [0.2, 0.25) is 5.95 Å². The first-order valence-electron chi connectivity index (χ1n) is 11.2. The number of thiophene rings is 1. The van der Waals surface area contributed by atoms with Gasteiger partial charge < -0.3 is 10.6 Å². The van der Waals surface area contributed by atoms with E-state index in [1.165, 1.54) is 6.07 Å². The first-order chi connectivity index (χ1) is 17.9. The molecule has 0 spiro atoms. The fraction of sp³-hybridized carbons (Fsp3) is 0.0769. The van der Waals surface area contributed by atoms with Gasteiger partial charge in [-0.2, -0.15) is 34.5 Å². The number of rotatable bonds is 6. The molecule has 37 heavy (non-hydrogen) atoms. The highest BCUT2D eigenvalue weighted by molar-refractivity contribution is 7.08. The Balaban J connectivity index is 1.37. The molecule has 4 aromatic heterocycles. The quantitative estimate of drug-likeness (QED) is 0.253. The summed E-state index contributed by atoms with van der Waals surface area (Å²) in [7, 11) is 0. The number of imidazole rings is 1. The van der Waals surface area contributed by atoms with Crippen LogP contribution in [0.2, 0.25) is 0 Å². The van der Waals surface area contributed by atoms with Crippen molar-refractivity contribution in [1.82, 2.24) is 24.5 Å². The number of nitrogens with one attached hydrogen (secondary N) is 2.